The molecule has 0 radical (unpaired) electrons. The molecule has 9 rings (SSSR count). The Morgan fingerprint density at radius 3 is 1.67 bits per heavy atom. The van der Waals surface area contributed by atoms with Crippen LogP contribution in [0.4, 0.5) is 17.1 Å². The van der Waals surface area contributed by atoms with Gasteiger partial charge in [-0.15, -0.1) is 0 Å². The number of aromatic hydroxyl groups is 5. The second-order valence-electron chi connectivity index (χ2n) is 15.3. The van der Waals surface area contributed by atoms with Crippen LogP contribution in [0.5, 0.6) is 28.7 Å². The molecule has 0 bridgehead atoms. The Labute approximate surface area is 364 Å². The highest BCUT2D eigenvalue weighted by Crippen LogP contribution is 2.54. The van der Waals surface area contributed by atoms with Gasteiger partial charge in [0.15, 0.2) is 11.5 Å². The lowest BCUT2D eigenvalue weighted by atomic mass is 9.98. The number of benzene rings is 7. The van der Waals surface area contributed by atoms with Gasteiger partial charge in [-0.05, 0) is 109 Å². The third-order valence-electron chi connectivity index (χ3n) is 11.6. The van der Waals surface area contributed by atoms with Gasteiger partial charge in [0.2, 0.25) is 17.2 Å². The van der Waals surface area contributed by atoms with Crippen LogP contribution < -0.4 is 4.90 Å². The Bertz CT molecular complexity index is 3220. The van der Waals surface area contributed by atoms with Crippen molar-refractivity contribution in [3.05, 3.63) is 193 Å². The molecule has 0 saturated heterocycles. The Balaban J connectivity index is 1.11. The molecule has 0 aliphatic heterocycles. The van der Waals surface area contributed by atoms with E-state index in [9.17, 15) is 25.5 Å². The van der Waals surface area contributed by atoms with E-state index in [1.807, 2.05) is 80.6 Å². The summed E-state index contributed by atoms with van der Waals surface area (Å²) < 4.78 is 7.92. The number of hydrogen-bond donors (Lipinski definition) is 5. The average molecular weight is 829 g/mol. The van der Waals surface area contributed by atoms with Crippen LogP contribution in [0.15, 0.2) is 169 Å². The number of para-hydroxylation sites is 1. The number of anilines is 3. The molecule has 0 amide bonds. The van der Waals surface area contributed by atoms with Crippen LogP contribution in [-0.2, 0) is 0 Å². The largest absolute Gasteiger partial charge is 0.503 e. The molecule has 8 heteroatoms. The molecule has 310 valence electrons. The molecule has 0 unspecified atom stereocenters. The number of nitrogens with zero attached hydrogens (tertiary/aromatic N) is 2. The maximum atomic E-state index is 10.9. The van der Waals surface area contributed by atoms with Crippen LogP contribution in [0.25, 0.3) is 67.5 Å². The quantitative estimate of drug-likeness (QED) is 0.0687. The van der Waals surface area contributed by atoms with E-state index >= 15 is 0 Å². The van der Waals surface area contributed by atoms with Crippen LogP contribution >= 0.6 is 0 Å². The van der Waals surface area contributed by atoms with Crippen molar-refractivity contribution < 1.29 is 29.9 Å². The number of fused-ring (bicyclic) bond motifs is 3. The SMILES string of the molecule is C=Cc1oc(/C(=C\C)c2ccc(N(c3ccc(-c4ccccc4)cc3)c3ccc(-c4ccc5c(c4)c4ccccc4n5-c4c(O)c(O)c(O)c(O)c4O)cc3)cc2)c(C)c1/C=C\C. The van der Waals surface area contributed by atoms with Gasteiger partial charge < -0.3 is 39.4 Å². The van der Waals surface area contributed by atoms with Crippen molar-refractivity contribution in [3.8, 4) is 56.7 Å². The minimum Gasteiger partial charge on any atom is -0.503 e. The third kappa shape index (κ3) is 6.84. The summed E-state index contributed by atoms with van der Waals surface area (Å²) in [4.78, 5) is 2.23. The summed E-state index contributed by atoms with van der Waals surface area (Å²) in [5, 5.41) is 54.4. The lowest BCUT2D eigenvalue weighted by molar-refractivity contribution is 0.327. The molecular formula is C55H44N2O6. The molecule has 0 atom stereocenters. The first-order valence-corrected chi connectivity index (χ1v) is 20.6. The maximum Gasteiger partial charge on any atom is 0.208 e. The van der Waals surface area contributed by atoms with E-state index in [0.29, 0.717) is 11.0 Å². The smallest absolute Gasteiger partial charge is 0.208 e. The van der Waals surface area contributed by atoms with Gasteiger partial charge in [-0.1, -0.05) is 116 Å². The normalized spacial score (nSPS) is 11.8. The van der Waals surface area contributed by atoms with Gasteiger partial charge in [0.05, 0.1) is 11.0 Å². The molecule has 0 fully saturated rings. The second kappa shape index (κ2) is 16.2. The number of furan rings is 1. The lowest BCUT2D eigenvalue weighted by Crippen LogP contribution is -2.10. The maximum absolute atomic E-state index is 10.9. The fraction of sp³-hybridized carbons (Fsp3) is 0.0545. The summed E-state index contributed by atoms with van der Waals surface area (Å²) in [7, 11) is 0. The molecule has 63 heavy (non-hydrogen) atoms. The summed E-state index contributed by atoms with van der Waals surface area (Å²) in [6, 6.07) is 49.1. The standard InChI is InChI=1S/C55H44N2O6/c1-5-13-43-33(4)55(63-48(43)7-3)42(6-2)37-22-29-41(30-23-37)56(39-25-18-35(19-26-39)34-14-9-8-10-15-34)40-27-20-36(21-28-40)38-24-31-47-45(32-38)44-16-11-12-17-46(44)57(47)49-50(58)52(60)54(62)53(61)51(49)59/h5-32,58-62H,3H2,1-2,4H3/b13-5-,42-6-. The van der Waals surface area contributed by atoms with E-state index in [2.05, 4.69) is 115 Å². The predicted octanol–water partition coefficient (Wildman–Crippen LogP) is 14.1. The zero-order valence-electron chi connectivity index (χ0n) is 34.9. The summed E-state index contributed by atoms with van der Waals surface area (Å²) in [6.45, 7) is 10.1. The zero-order chi connectivity index (χ0) is 43.9. The monoisotopic (exact) mass is 828 g/mol. The number of rotatable bonds is 10. The van der Waals surface area contributed by atoms with Crippen LogP contribution in [0.1, 0.15) is 42.1 Å². The highest BCUT2D eigenvalue weighted by Gasteiger charge is 2.27. The van der Waals surface area contributed by atoms with Gasteiger partial charge in [0, 0.05) is 44.5 Å². The second-order valence-corrected chi connectivity index (χ2v) is 15.3. The highest BCUT2D eigenvalue weighted by molar-refractivity contribution is 6.11. The van der Waals surface area contributed by atoms with Crippen LogP contribution in [0.3, 0.4) is 0 Å². The van der Waals surface area contributed by atoms with Crippen molar-refractivity contribution in [3.63, 3.8) is 0 Å². The molecule has 0 aliphatic carbocycles. The Kier molecular flexibility index (Phi) is 10.3. The summed E-state index contributed by atoms with van der Waals surface area (Å²) >= 11 is 0. The Morgan fingerprint density at radius 1 is 0.571 bits per heavy atom. The average Bonchev–Trinajstić information content (AvgIpc) is 3.82. The molecule has 0 spiro atoms. The molecule has 7 aromatic carbocycles. The van der Waals surface area contributed by atoms with E-state index < -0.39 is 28.7 Å². The van der Waals surface area contributed by atoms with Crippen LogP contribution in [-0.4, -0.2) is 30.1 Å². The minimum absolute atomic E-state index is 0.255. The Morgan fingerprint density at radius 2 is 1.08 bits per heavy atom. The molecule has 8 nitrogen and oxygen atoms in total. The van der Waals surface area contributed by atoms with Crippen LogP contribution in [0.2, 0.25) is 0 Å². The molecule has 2 aromatic heterocycles. The number of hydrogen-bond acceptors (Lipinski definition) is 7. The topological polar surface area (TPSA) is 122 Å². The van der Waals surface area contributed by atoms with E-state index in [4.69, 9.17) is 4.42 Å². The van der Waals surface area contributed by atoms with Gasteiger partial charge in [-0.25, -0.2) is 0 Å². The first-order valence-electron chi connectivity index (χ1n) is 20.6. The molecule has 9 aromatic rings. The lowest BCUT2D eigenvalue weighted by Gasteiger charge is -2.26. The summed E-state index contributed by atoms with van der Waals surface area (Å²) in [5.41, 5.74) is 12.1. The number of phenolic OH excluding ortho intramolecular Hbond substituents is 5. The van der Waals surface area contributed by atoms with Crippen molar-refractivity contribution in [2.45, 2.75) is 20.8 Å². The van der Waals surface area contributed by atoms with Crippen LogP contribution in [0, 0.1) is 6.92 Å². The van der Waals surface area contributed by atoms with Crippen molar-refractivity contribution >= 4 is 56.6 Å². The molecule has 0 aliphatic rings. The van der Waals surface area contributed by atoms with E-state index in [1.165, 1.54) is 0 Å². The summed E-state index contributed by atoms with van der Waals surface area (Å²) in [6.07, 6.45) is 7.89. The predicted molar refractivity (Wildman–Crippen MR) is 256 cm³/mol. The van der Waals surface area contributed by atoms with Crippen molar-refractivity contribution in [1.29, 1.82) is 0 Å². The fourth-order valence-electron chi connectivity index (χ4n) is 8.51. The molecule has 0 saturated carbocycles. The van der Waals surface area contributed by atoms with E-state index in [1.54, 1.807) is 10.6 Å². The first kappa shape index (κ1) is 40.1. The zero-order valence-corrected chi connectivity index (χ0v) is 34.9. The fourth-order valence-corrected chi connectivity index (χ4v) is 8.51. The summed E-state index contributed by atoms with van der Waals surface area (Å²) in [5.74, 6) is -2.86. The van der Waals surface area contributed by atoms with Gasteiger partial charge in [0.25, 0.3) is 0 Å². The number of phenols is 5. The van der Waals surface area contributed by atoms with Gasteiger partial charge in [-0.2, -0.15) is 0 Å². The van der Waals surface area contributed by atoms with E-state index in [-0.39, 0.29) is 5.69 Å². The Hall–Kier alpha value is -8.36. The van der Waals surface area contributed by atoms with E-state index in [0.717, 1.165) is 83.9 Å². The third-order valence-corrected chi connectivity index (χ3v) is 11.6. The van der Waals surface area contributed by atoms with Crippen molar-refractivity contribution in [1.82, 2.24) is 4.57 Å². The van der Waals surface area contributed by atoms with Gasteiger partial charge in [-0.3, -0.25) is 0 Å². The minimum atomic E-state index is -1.01. The first-order chi connectivity index (χ1) is 30.6. The van der Waals surface area contributed by atoms with Crippen molar-refractivity contribution in [2.75, 3.05) is 4.90 Å². The van der Waals surface area contributed by atoms with Crippen molar-refractivity contribution in [2.24, 2.45) is 0 Å². The number of allylic oxidation sites excluding steroid dienone is 2. The van der Waals surface area contributed by atoms with Gasteiger partial charge >= 0.3 is 0 Å². The molecule has 5 N–H and O–H groups in total. The molecular weight excluding hydrogens is 785 g/mol. The number of aromatic nitrogens is 1. The highest BCUT2D eigenvalue weighted by atomic mass is 16.4. The van der Waals surface area contributed by atoms with Gasteiger partial charge in [0.1, 0.15) is 17.2 Å². The molecule has 2 heterocycles.